The number of anilines is 2. The average Bonchev–Trinajstić information content (AvgIpc) is 3.17. The Kier molecular flexibility index (Phi) is 5.87. The molecule has 1 saturated heterocycles. The topological polar surface area (TPSA) is 90.8 Å². The highest BCUT2D eigenvalue weighted by atomic mass is 32.2. The zero-order valence-corrected chi connectivity index (χ0v) is 16.7. The molecule has 1 N–H and O–H groups in total. The molecule has 0 spiro atoms. The lowest BCUT2D eigenvalue weighted by molar-refractivity contribution is -0.140. The summed E-state index contributed by atoms with van der Waals surface area (Å²) in [6.07, 6.45) is 1.46. The van der Waals surface area contributed by atoms with Gasteiger partial charge in [-0.15, -0.1) is 11.3 Å². The van der Waals surface area contributed by atoms with Crippen molar-refractivity contribution < 1.29 is 23.9 Å². The van der Waals surface area contributed by atoms with E-state index in [1.165, 1.54) is 31.2 Å². The van der Waals surface area contributed by atoms with Crippen LogP contribution in [0.3, 0.4) is 0 Å². The Balaban J connectivity index is 1.89. The zero-order chi connectivity index (χ0) is 20.4. The van der Waals surface area contributed by atoms with E-state index in [9.17, 15) is 18.8 Å². The first-order valence-corrected chi connectivity index (χ1v) is 9.86. The summed E-state index contributed by atoms with van der Waals surface area (Å²) in [5, 5.41) is 10.7. The number of thiazole rings is 1. The van der Waals surface area contributed by atoms with E-state index in [-0.39, 0.29) is 20.0 Å². The summed E-state index contributed by atoms with van der Waals surface area (Å²) in [5.74, 6) is -2.68. The third-order valence-corrected chi connectivity index (χ3v) is 5.78. The highest BCUT2D eigenvalue weighted by Gasteiger charge is 2.33. The predicted molar refractivity (Wildman–Crippen MR) is 109 cm³/mol. The van der Waals surface area contributed by atoms with E-state index in [1.807, 2.05) is 0 Å². The van der Waals surface area contributed by atoms with E-state index in [2.05, 4.69) is 4.98 Å². The molecule has 7 nitrogen and oxygen atoms in total. The van der Waals surface area contributed by atoms with Gasteiger partial charge in [-0.3, -0.25) is 24.2 Å². The second-order valence-electron chi connectivity index (χ2n) is 5.52. The Hall–Kier alpha value is -2.63. The van der Waals surface area contributed by atoms with E-state index in [1.54, 1.807) is 11.4 Å². The summed E-state index contributed by atoms with van der Waals surface area (Å²) in [5.41, 5.74) is 0.446. The monoisotopic (exact) mass is 437 g/mol. The molecule has 0 aliphatic carbocycles. The van der Waals surface area contributed by atoms with Crippen molar-refractivity contribution in [2.75, 3.05) is 11.4 Å². The second kappa shape index (κ2) is 8.17. The zero-order valence-electron chi connectivity index (χ0n) is 14.3. The Bertz CT molecular complexity index is 1020. The molecule has 0 unspecified atom stereocenters. The van der Waals surface area contributed by atoms with Crippen LogP contribution in [0.5, 0.6) is 0 Å². The van der Waals surface area contributed by atoms with Crippen molar-refractivity contribution in [3.63, 3.8) is 0 Å². The van der Waals surface area contributed by atoms with Gasteiger partial charge < -0.3 is 5.11 Å². The number of rotatable bonds is 5. The lowest BCUT2D eigenvalue weighted by Crippen LogP contribution is -2.33. The molecule has 0 bridgehead atoms. The fourth-order valence-electron chi connectivity index (χ4n) is 2.39. The number of carbonyl (C=O) groups is 3. The first-order valence-electron chi connectivity index (χ1n) is 7.76. The van der Waals surface area contributed by atoms with Crippen LogP contribution in [0.4, 0.5) is 15.2 Å². The number of amides is 2. The van der Waals surface area contributed by atoms with Gasteiger partial charge in [0, 0.05) is 12.3 Å². The molecular weight excluding hydrogens is 425 g/mol. The largest absolute Gasteiger partial charge is 0.480 e. The van der Waals surface area contributed by atoms with Crippen molar-refractivity contribution in [3.8, 4) is 0 Å². The van der Waals surface area contributed by atoms with E-state index >= 15 is 0 Å². The molecule has 2 amide bonds. The third-order valence-electron chi connectivity index (χ3n) is 3.56. The molecule has 1 aliphatic rings. The molecule has 3 rings (SSSR count). The number of nitrogens with zero attached hydrogens (tertiary/aromatic N) is 3. The lowest BCUT2D eigenvalue weighted by Gasteiger charge is -2.18. The number of hydrogen-bond acceptors (Lipinski definition) is 7. The van der Waals surface area contributed by atoms with Gasteiger partial charge in [0.25, 0.3) is 5.91 Å². The number of aromatic nitrogens is 1. The Morgan fingerprint density at radius 3 is 2.75 bits per heavy atom. The van der Waals surface area contributed by atoms with Crippen LogP contribution in [0.25, 0.3) is 6.08 Å². The van der Waals surface area contributed by atoms with E-state index < -0.39 is 30.1 Å². The Morgan fingerprint density at radius 1 is 1.39 bits per heavy atom. The number of carboxylic acids is 1. The SMILES string of the molecule is CC(=O)N(c1nc(/C=C2/SC(=S)N(CC(=O)O)C2=O)cs1)c1ccccc1F. The number of aliphatic carboxylic acids is 1. The second-order valence-corrected chi connectivity index (χ2v) is 8.03. The van der Waals surface area contributed by atoms with Gasteiger partial charge in [0.1, 0.15) is 16.7 Å². The third kappa shape index (κ3) is 4.11. The molecule has 2 heterocycles. The molecule has 1 aromatic carbocycles. The maximum Gasteiger partial charge on any atom is 0.323 e. The molecule has 11 heteroatoms. The summed E-state index contributed by atoms with van der Waals surface area (Å²) < 4.78 is 14.3. The summed E-state index contributed by atoms with van der Waals surface area (Å²) in [6.45, 7) is 0.778. The molecule has 144 valence electrons. The smallest absolute Gasteiger partial charge is 0.323 e. The molecular formula is C17H12FN3O4S3. The molecule has 0 radical (unpaired) electrons. The van der Waals surface area contributed by atoms with E-state index in [0.717, 1.165) is 32.9 Å². The number of hydrogen-bond donors (Lipinski definition) is 1. The molecule has 1 fully saturated rings. The molecule has 28 heavy (non-hydrogen) atoms. The van der Waals surface area contributed by atoms with Crippen LogP contribution in [0.15, 0.2) is 34.6 Å². The highest BCUT2D eigenvalue weighted by Crippen LogP contribution is 2.35. The Labute approximate surface area is 172 Å². The number of carbonyl (C=O) groups excluding carboxylic acids is 2. The van der Waals surface area contributed by atoms with Crippen molar-refractivity contribution in [2.45, 2.75) is 6.92 Å². The van der Waals surface area contributed by atoms with Crippen LogP contribution in [0.2, 0.25) is 0 Å². The van der Waals surface area contributed by atoms with Gasteiger partial charge in [-0.1, -0.05) is 36.1 Å². The number of thiocarbonyl (C=S) groups is 1. The van der Waals surface area contributed by atoms with Crippen molar-refractivity contribution >= 4 is 74.3 Å². The van der Waals surface area contributed by atoms with Crippen molar-refractivity contribution in [1.82, 2.24) is 9.88 Å². The molecule has 1 aliphatic heterocycles. The van der Waals surface area contributed by atoms with Crippen molar-refractivity contribution in [2.24, 2.45) is 0 Å². The minimum Gasteiger partial charge on any atom is -0.480 e. The normalized spacial score (nSPS) is 15.4. The fourth-order valence-corrected chi connectivity index (χ4v) is 4.47. The van der Waals surface area contributed by atoms with E-state index in [4.69, 9.17) is 17.3 Å². The van der Waals surface area contributed by atoms with Crippen LogP contribution < -0.4 is 4.90 Å². The van der Waals surface area contributed by atoms with Crippen LogP contribution in [-0.4, -0.2) is 43.6 Å². The predicted octanol–water partition coefficient (Wildman–Crippen LogP) is 3.25. The van der Waals surface area contributed by atoms with Crippen LogP contribution in [0, 0.1) is 5.82 Å². The summed E-state index contributed by atoms with van der Waals surface area (Å²) in [6, 6.07) is 5.84. The maximum absolute atomic E-state index is 14.1. The van der Waals surface area contributed by atoms with Gasteiger partial charge in [-0.2, -0.15) is 0 Å². The van der Waals surface area contributed by atoms with Gasteiger partial charge >= 0.3 is 5.97 Å². The molecule has 2 aromatic rings. The highest BCUT2D eigenvalue weighted by molar-refractivity contribution is 8.26. The van der Waals surface area contributed by atoms with Gasteiger partial charge in [0.15, 0.2) is 5.13 Å². The number of halogens is 1. The molecule has 0 saturated carbocycles. The number of benzene rings is 1. The van der Waals surface area contributed by atoms with Gasteiger partial charge in [0.2, 0.25) is 5.91 Å². The number of carboxylic acid groups (broad SMARTS) is 1. The van der Waals surface area contributed by atoms with Gasteiger partial charge in [-0.05, 0) is 18.2 Å². The van der Waals surface area contributed by atoms with Crippen LogP contribution in [0.1, 0.15) is 12.6 Å². The lowest BCUT2D eigenvalue weighted by atomic mass is 10.3. The molecule has 1 aromatic heterocycles. The minimum atomic E-state index is -1.17. The summed E-state index contributed by atoms with van der Waals surface area (Å²) >= 11 is 7.12. The standard InChI is InChI=1S/C17H12FN3O4S3/c1-9(22)21(12-5-3-2-4-11(12)18)16-19-10(8-27-16)6-13-15(25)20(7-14(23)24)17(26)28-13/h2-6,8H,7H2,1H3,(H,23,24)/b13-6+. The molecule has 0 atom stereocenters. The van der Waals surface area contributed by atoms with Crippen LogP contribution >= 0.6 is 35.3 Å². The fraction of sp³-hybridized carbons (Fsp3) is 0.118. The van der Waals surface area contributed by atoms with E-state index in [0.29, 0.717) is 5.69 Å². The first kappa shape index (κ1) is 20.1. The summed E-state index contributed by atoms with van der Waals surface area (Å²) in [7, 11) is 0. The summed E-state index contributed by atoms with van der Waals surface area (Å²) in [4.78, 5) is 41.9. The number of para-hydroxylation sites is 1. The maximum atomic E-state index is 14.1. The van der Waals surface area contributed by atoms with Crippen molar-refractivity contribution in [3.05, 3.63) is 46.1 Å². The minimum absolute atomic E-state index is 0.0729. The quantitative estimate of drug-likeness (QED) is 0.567. The Morgan fingerprint density at radius 2 is 2.11 bits per heavy atom. The average molecular weight is 437 g/mol. The van der Waals surface area contributed by atoms with Gasteiger partial charge in [0.05, 0.1) is 16.3 Å². The number of thioether (sulfide) groups is 1. The first-order chi connectivity index (χ1) is 13.3. The van der Waals surface area contributed by atoms with Gasteiger partial charge in [-0.25, -0.2) is 9.37 Å². The van der Waals surface area contributed by atoms with Crippen LogP contribution in [-0.2, 0) is 14.4 Å². The van der Waals surface area contributed by atoms with Crippen molar-refractivity contribution in [1.29, 1.82) is 0 Å².